The molecule has 94 valence electrons. The number of piperidine rings is 1. The van der Waals surface area contributed by atoms with Crippen molar-refractivity contribution < 1.29 is 4.74 Å². The molecule has 0 spiro atoms. The van der Waals surface area contributed by atoms with Gasteiger partial charge in [0.15, 0.2) is 0 Å². The molecule has 1 heterocycles. The van der Waals surface area contributed by atoms with Crippen LogP contribution < -0.4 is 10.1 Å². The van der Waals surface area contributed by atoms with Crippen molar-refractivity contribution >= 4 is 34.8 Å². The molecule has 2 nitrogen and oxygen atoms in total. The highest BCUT2D eigenvalue weighted by Crippen LogP contribution is 2.34. The first-order chi connectivity index (χ1) is 8.16. The van der Waals surface area contributed by atoms with Crippen LogP contribution in [0.15, 0.2) is 12.1 Å². The zero-order valence-electron chi connectivity index (χ0n) is 9.31. The van der Waals surface area contributed by atoms with E-state index in [1.807, 2.05) is 0 Å². The molecule has 0 saturated carbocycles. The van der Waals surface area contributed by atoms with Gasteiger partial charge in [-0.3, -0.25) is 0 Å². The molecule has 1 atom stereocenters. The number of benzene rings is 1. The van der Waals surface area contributed by atoms with Crippen LogP contribution in [0.25, 0.3) is 0 Å². The second-order valence-corrected chi connectivity index (χ2v) is 5.44. The minimum atomic E-state index is 0.448. The molecule has 0 radical (unpaired) electrons. The molecule has 1 N–H and O–H groups in total. The van der Waals surface area contributed by atoms with Crippen molar-refractivity contribution in [1.29, 1.82) is 0 Å². The zero-order chi connectivity index (χ0) is 12.3. The topological polar surface area (TPSA) is 21.3 Å². The fourth-order valence-corrected chi connectivity index (χ4v) is 2.48. The molecule has 0 aliphatic carbocycles. The van der Waals surface area contributed by atoms with E-state index >= 15 is 0 Å². The van der Waals surface area contributed by atoms with E-state index in [0.717, 1.165) is 13.1 Å². The van der Waals surface area contributed by atoms with Crippen LogP contribution in [0.2, 0.25) is 15.1 Å². The highest BCUT2D eigenvalue weighted by atomic mass is 35.5. The molecule has 5 heteroatoms. The third kappa shape index (κ3) is 3.65. The Labute approximate surface area is 116 Å². The molecule has 0 bridgehead atoms. The van der Waals surface area contributed by atoms with Gasteiger partial charge in [-0.1, -0.05) is 34.8 Å². The van der Waals surface area contributed by atoms with Crippen LogP contribution in [0, 0.1) is 5.92 Å². The highest BCUT2D eigenvalue weighted by molar-refractivity contribution is 6.43. The average molecular weight is 295 g/mol. The minimum absolute atomic E-state index is 0.448. The summed E-state index contributed by atoms with van der Waals surface area (Å²) in [6.45, 7) is 2.76. The number of ether oxygens (including phenoxy) is 1. The fraction of sp³-hybridized carbons (Fsp3) is 0.500. The van der Waals surface area contributed by atoms with Gasteiger partial charge in [0, 0.05) is 18.5 Å². The Bertz CT molecular complexity index is 392. The predicted molar refractivity (Wildman–Crippen MR) is 72.6 cm³/mol. The van der Waals surface area contributed by atoms with Crippen molar-refractivity contribution in [3.8, 4) is 5.75 Å². The van der Waals surface area contributed by atoms with Gasteiger partial charge < -0.3 is 10.1 Å². The second kappa shape index (κ2) is 6.14. The summed E-state index contributed by atoms with van der Waals surface area (Å²) >= 11 is 17.8. The number of nitrogens with one attached hydrogen (secondary N) is 1. The Balaban J connectivity index is 1.96. The van der Waals surface area contributed by atoms with Crippen LogP contribution in [-0.4, -0.2) is 19.7 Å². The molecule has 1 saturated heterocycles. The van der Waals surface area contributed by atoms with Gasteiger partial charge >= 0.3 is 0 Å². The lowest BCUT2D eigenvalue weighted by Crippen LogP contribution is -2.33. The van der Waals surface area contributed by atoms with Crippen LogP contribution in [0.3, 0.4) is 0 Å². The van der Waals surface area contributed by atoms with Gasteiger partial charge in [-0.2, -0.15) is 0 Å². The molecule has 2 rings (SSSR count). The Morgan fingerprint density at radius 3 is 2.65 bits per heavy atom. The first kappa shape index (κ1) is 13.3. The van der Waals surface area contributed by atoms with E-state index in [9.17, 15) is 0 Å². The Hall–Kier alpha value is -0.150. The molecular formula is C12H14Cl3NO. The molecule has 1 aliphatic rings. The van der Waals surface area contributed by atoms with Gasteiger partial charge in [0.1, 0.15) is 5.75 Å². The van der Waals surface area contributed by atoms with Crippen molar-refractivity contribution in [2.75, 3.05) is 19.7 Å². The van der Waals surface area contributed by atoms with E-state index in [2.05, 4.69) is 5.32 Å². The van der Waals surface area contributed by atoms with Crippen LogP contribution in [0.1, 0.15) is 12.8 Å². The predicted octanol–water partition coefficient (Wildman–Crippen LogP) is 4.03. The van der Waals surface area contributed by atoms with Gasteiger partial charge in [-0.05, 0) is 25.5 Å². The van der Waals surface area contributed by atoms with Gasteiger partial charge in [-0.25, -0.2) is 0 Å². The maximum atomic E-state index is 6.04. The summed E-state index contributed by atoms with van der Waals surface area (Å²) in [5.74, 6) is 1.14. The smallest absolute Gasteiger partial charge is 0.139 e. The van der Waals surface area contributed by atoms with Crippen molar-refractivity contribution in [1.82, 2.24) is 5.32 Å². The summed E-state index contributed by atoms with van der Waals surface area (Å²) < 4.78 is 5.70. The molecule has 0 amide bonds. The molecular weight excluding hydrogens is 280 g/mol. The summed E-state index contributed by atoms with van der Waals surface area (Å²) in [7, 11) is 0. The number of halogens is 3. The first-order valence-electron chi connectivity index (χ1n) is 5.65. The van der Waals surface area contributed by atoms with E-state index in [4.69, 9.17) is 39.5 Å². The molecule has 1 aromatic carbocycles. The Morgan fingerprint density at radius 2 is 1.94 bits per heavy atom. The lowest BCUT2D eigenvalue weighted by atomic mass is 10.0. The van der Waals surface area contributed by atoms with Crippen LogP contribution in [-0.2, 0) is 0 Å². The number of rotatable bonds is 3. The Kier molecular flexibility index (Phi) is 4.80. The molecule has 1 aromatic rings. The quantitative estimate of drug-likeness (QED) is 0.850. The molecule has 17 heavy (non-hydrogen) atoms. The van der Waals surface area contributed by atoms with Gasteiger partial charge in [0.25, 0.3) is 0 Å². The summed E-state index contributed by atoms with van der Waals surface area (Å²) in [5, 5.41) is 4.76. The minimum Gasteiger partial charge on any atom is -0.492 e. The molecule has 1 aliphatic heterocycles. The normalized spacial score (nSPS) is 20.3. The molecule has 1 unspecified atom stereocenters. The van der Waals surface area contributed by atoms with E-state index in [-0.39, 0.29) is 0 Å². The van der Waals surface area contributed by atoms with Gasteiger partial charge in [0.05, 0.1) is 21.7 Å². The molecule has 1 fully saturated rings. The number of hydrogen-bond acceptors (Lipinski definition) is 2. The van der Waals surface area contributed by atoms with Gasteiger partial charge in [0.2, 0.25) is 0 Å². The van der Waals surface area contributed by atoms with E-state index < -0.39 is 0 Å². The lowest BCUT2D eigenvalue weighted by molar-refractivity contribution is 0.218. The first-order valence-corrected chi connectivity index (χ1v) is 6.78. The SMILES string of the molecule is Clc1cc(Cl)c(OCC2CCCNC2)cc1Cl. The highest BCUT2D eigenvalue weighted by Gasteiger charge is 2.15. The van der Waals surface area contributed by atoms with E-state index in [1.165, 1.54) is 12.8 Å². The summed E-state index contributed by atoms with van der Waals surface area (Å²) in [6, 6.07) is 3.28. The van der Waals surface area contributed by atoms with Gasteiger partial charge in [-0.15, -0.1) is 0 Å². The van der Waals surface area contributed by atoms with Crippen molar-refractivity contribution in [3.05, 3.63) is 27.2 Å². The standard InChI is InChI=1S/C12H14Cl3NO/c13-9-4-11(15)12(5-10(9)14)17-7-8-2-1-3-16-6-8/h4-5,8,16H,1-3,6-7H2. The van der Waals surface area contributed by atoms with Crippen molar-refractivity contribution in [2.45, 2.75) is 12.8 Å². The fourth-order valence-electron chi connectivity index (χ4n) is 1.89. The summed E-state index contributed by atoms with van der Waals surface area (Å²) in [5.41, 5.74) is 0. The summed E-state index contributed by atoms with van der Waals surface area (Å²) in [4.78, 5) is 0. The van der Waals surface area contributed by atoms with E-state index in [0.29, 0.717) is 33.3 Å². The maximum Gasteiger partial charge on any atom is 0.139 e. The van der Waals surface area contributed by atoms with Crippen molar-refractivity contribution in [3.63, 3.8) is 0 Å². The third-order valence-electron chi connectivity index (χ3n) is 2.85. The zero-order valence-corrected chi connectivity index (χ0v) is 11.6. The molecule has 0 aromatic heterocycles. The third-order valence-corrected chi connectivity index (χ3v) is 3.87. The largest absolute Gasteiger partial charge is 0.492 e. The number of hydrogen-bond donors (Lipinski definition) is 1. The van der Waals surface area contributed by atoms with Crippen LogP contribution >= 0.6 is 34.8 Å². The van der Waals surface area contributed by atoms with Crippen LogP contribution in [0.5, 0.6) is 5.75 Å². The lowest BCUT2D eigenvalue weighted by Gasteiger charge is -2.23. The van der Waals surface area contributed by atoms with E-state index in [1.54, 1.807) is 12.1 Å². The monoisotopic (exact) mass is 293 g/mol. The summed E-state index contributed by atoms with van der Waals surface area (Å²) in [6.07, 6.45) is 2.38. The average Bonchev–Trinajstić information content (AvgIpc) is 2.33. The maximum absolute atomic E-state index is 6.04. The van der Waals surface area contributed by atoms with Crippen LogP contribution in [0.4, 0.5) is 0 Å². The second-order valence-electron chi connectivity index (χ2n) is 4.22. The Morgan fingerprint density at radius 1 is 1.18 bits per heavy atom. The van der Waals surface area contributed by atoms with Crippen molar-refractivity contribution in [2.24, 2.45) is 5.92 Å².